The van der Waals surface area contributed by atoms with Crippen LogP contribution < -0.4 is 11.2 Å². The number of nitrogens with two attached hydrogens (primary N) is 1. The van der Waals surface area contributed by atoms with E-state index >= 15 is 0 Å². The highest BCUT2D eigenvalue weighted by atomic mass is 16.3. The lowest BCUT2D eigenvalue weighted by Gasteiger charge is -2.13. The molecule has 2 aromatic carbocycles. The maximum Gasteiger partial charge on any atom is 0.212 e. The van der Waals surface area contributed by atoms with Crippen molar-refractivity contribution in [2.24, 2.45) is 5.18 Å². The SMILES string of the molecule is Nc1cc(=O)c(N=O)cn1-c1cccc(-c2cncc3ccccc23)c1. The summed E-state index contributed by atoms with van der Waals surface area (Å²) in [5, 5.41) is 4.90. The standard InChI is InChI=1S/C20H14N4O2/c21-20-9-19(25)18(23-26)12-24(20)15-6-3-5-13(8-15)17-11-22-10-14-4-1-2-7-16(14)17/h1-12H,21H2. The molecular formula is C20H14N4O2. The highest BCUT2D eigenvalue weighted by Crippen LogP contribution is 2.29. The van der Waals surface area contributed by atoms with E-state index < -0.39 is 5.43 Å². The van der Waals surface area contributed by atoms with Gasteiger partial charge in [-0.15, -0.1) is 4.91 Å². The van der Waals surface area contributed by atoms with Gasteiger partial charge >= 0.3 is 0 Å². The number of rotatable bonds is 3. The molecule has 4 aromatic rings. The van der Waals surface area contributed by atoms with Gasteiger partial charge in [-0.2, -0.15) is 0 Å². The van der Waals surface area contributed by atoms with Gasteiger partial charge in [-0.05, 0) is 28.3 Å². The molecule has 6 heteroatoms. The van der Waals surface area contributed by atoms with E-state index in [1.165, 1.54) is 12.3 Å². The maximum atomic E-state index is 11.7. The predicted molar refractivity (Wildman–Crippen MR) is 103 cm³/mol. The van der Waals surface area contributed by atoms with Crippen molar-refractivity contribution in [1.82, 2.24) is 9.55 Å². The fourth-order valence-electron chi connectivity index (χ4n) is 3.00. The summed E-state index contributed by atoms with van der Waals surface area (Å²) in [5.41, 5.74) is 7.94. The van der Waals surface area contributed by atoms with E-state index in [1.807, 2.05) is 60.9 Å². The lowest BCUT2D eigenvalue weighted by Crippen LogP contribution is -2.10. The monoisotopic (exact) mass is 342 g/mol. The molecule has 0 radical (unpaired) electrons. The molecule has 0 aliphatic heterocycles. The van der Waals surface area contributed by atoms with E-state index in [1.54, 1.807) is 4.57 Å². The number of pyridine rings is 2. The normalized spacial score (nSPS) is 10.8. The second-order valence-electron chi connectivity index (χ2n) is 5.87. The first-order chi connectivity index (χ1) is 12.7. The molecule has 0 aliphatic rings. The van der Waals surface area contributed by atoms with Gasteiger partial charge in [-0.3, -0.25) is 9.78 Å². The molecule has 0 saturated heterocycles. The van der Waals surface area contributed by atoms with E-state index in [0.29, 0.717) is 0 Å². The largest absolute Gasteiger partial charge is 0.385 e. The van der Waals surface area contributed by atoms with Crippen LogP contribution in [0.5, 0.6) is 0 Å². The van der Waals surface area contributed by atoms with Gasteiger partial charge in [0.1, 0.15) is 5.82 Å². The van der Waals surface area contributed by atoms with Crippen molar-refractivity contribution in [2.45, 2.75) is 0 Å². The van der Waals surface area contributed by atoms with Crippen molar-refractivity contribution in [1.29, 1.82) is 0 Å². The van der Waals surface area contributed by atoms with Gasteiger partial charge in [0.25, 0.3) is 0 Å². The van der Waals surface area contributed by atoms with Gasteiger partial charge in [0.2, 0.25) is 5.43 Å². The fourth-order valence-corrected chi connectivity index (χ4v) is 3.00. The Hall–Kier alpha value is -3.80. The van der Waals surface area contributed by atoms with Gasteiger partial charge in [0.15, 0.2) is 5.69 Å². The maximum absolute atomic E-state index is 11.7. The van der Waals surface area contributed by atoms with Gasteiger partial charge in [-0.1, -0.05) is 36.4 Å². The quantitative estimate of drug-likeness (QED) is 0.569. The van der Waals surface area contributed by atoms with Crippen molar-refractivity contribution < 1.29 is 0 Å². The highest BCUT2D eigenvalue weighted by Gasteiger charge is 2.09. The van der Waals surface area contributed by atoms with Gasteiger partial charge in [-0.25, -0.2) is 0 Å². The number of nitrogens with zero attached hydrogens (tertiary/aromatic N) is 3. The fraction of sp³-hybridized carbons (Fsp3) is 0. The van der Waals surface area contributed by atoms with Crippen LogP contribution in [0.2, 0.25) is 0 Å². The molecule has 4 rings (SSSR count). The number of fused-ring (bicyclic) bond motifs is 1. The molecule has 0 amide bonds. The van der Waals surface area contributed by atoms with Crippen LogP contribution >= 0.6 is 0 Å². The van der Waals surface area contributed by atoms with Gasteiger partial charge < -0.3 is 10.3 Å². The number of hydrogen-bond acceptors (Lipinski definition) is 5. The summed E-state index contributed by atoms with van der Waals surface area (Å²) < 4.78 is 1.57. The Morgan fingerprint density at radius 2 is 1.85 bits per heavy atom. The second-order valence-corrected chi connectivity index (χ2v) is 5.87. The summed E-state index contributed by atoms with van der Waals surface area (Å²) in [6.45, 7) is 0. The average Bonchev–Trinajstić information content (AvgIpc) is 2.68. The van der Waals surface area contributed by atoms with Gasteiger partial charge in [0, 0.05) is 41.3 Å². The van der Waals surface area contributed by atoms with Crippen LogP contribution in [0.15, 0.2) is 83.2 Å². The van der Waals surface area contributed by atoms with Crippen LogP contribution in [0, 0.1) is 4.91 Å². The Morgan fingerprint density at radius 1 is 1.00 bits per heavy atom. The molecule has 0 saturated carbocycles. The Bertz CT molecular complexity index is 1190. The molecule has 0 bridgehead atoms. The second kappa shape index (κ2) is 6.25. The Balaban J connectivity index is 1.91. The number of anilines is 1. The molecule has 0 fully saturated rings. The molecule has 126 valence electrons. The Labute approximate surface area is 148 Å². The van der Waals surface area contributed by atoms with Crippen LogP contribution in [-0.2, 0) is 0 Å². The molecule has 2 aromatic heterocycles. The first-order valence-electron chi connectivity index (χ1n) is 7.96. The van der Waals surface area contributed by atoms with Crippen molar-refractivity contribution in [3.8, 4) is 16.8 Å². The lowest BCUT2D eigenvalue weighted by molar-refractivity contribution is 1.05. The molecule has 6 nitrogen and oxygen atoms in total. The van der Waals surface area contributed by atoms with Crippen LogP contribution in [0.3, 0.4) is 0 Å². The average molecular weight is 342 g/mol. The third-order valence-electron chi connectivity index (χ3n) is 4.26. The number of hydrogen-bond donors (Lipinski definition) is 1. The Kier molecular flexibility index (Phi) is 3.78. The topological polar surface area (TPSA) is 90.3 Å². The van der Waals surface area contributed by atoms with Crippen LogP contribution in [-0.4, -0.2) is 9.55 Å². The van der Waals surface area contributed by atoms with Crippen LogP contribution in [0.1, 0.15) is 0 Å². The molecule has 0 spiro atoms. The molecule has 0 unspecified atom stereocenters. The van der Waals surface area contributed by atoms with E-state index in [0.717, 1.165) is 27.6 Å². The summed E-state index contributed by atoms with van der Waals surface area (Å²) in [6, 6.07) is 16.8. The van der Waals surface area contributed by atoms with E-state index in [9.17, 15) is 9.70 Å². The highest BCUT2D eigenvalue weighted by molar-refractivity contribution is 5.95. The van der Waals surface area contributed by atoms with Gasteiger partial charge in [0.05, 0.1) is 0 Å². The summed E-state index contributed by atoms with van der Waals surface area (Å²) in [5.74, 6) is 0.232. The minimum Gasteiger partial charge on any atom is -0.385 e. The molecule has 0 aliphatic carbocycles. The van der Waals surface area contributed by atoms with E-state index in [2.05, 4.69) is 10.2 Å². The zero-order chi connectivity index (χ0) is 18.1. The molecular weight excluding hydrogens is 328 g/mol. The van der Waals surface area contributed by atoms with Crippen molar-refractivity contribution in [2.75, 3.05) is 5.73 Å². The van der Waals surface area contributed by atoms with E-state index in [-0.39, 0.29) is 11.5 Å². The first kappa shape index (κ1) is 15.7. The van der Waals surface area contributed by atoms with Crippen molar-refractivity contribution in [3.63, 3.8) is 0 Å². The molecule has 2 N–H and O–H groups in total. The van der Waals surface area contributed by atoms with E-state index in [4.69, 9.17) is 5.73 Å². The summed E-state index contributed by atoms with van der Waals surface area (Å²) in [7, 11) is 0. The third kappa shape index (κ3) is 2.63. The number of nitrogen functional groups attached to an aromatic ring is 1. The first-order valence-corrected chi connectivity index (χ1v) is 7.96. The molecule has 26 heavy (non-hydrogen) atoms. The minimum absolute atomic E-state index is 0.184. The predicted octanol–water partition coefficient (Wildman–Crippen LogP) is 4.03. The van der Waals surface area contributed by atoms with Crippen molar-refractivity contribution >= 4 is 22.3 Å². The third-order valence-corrected chi connectivity index (χ3v) is 4.26. The summed E-state index contributed by atoms with van der Waals surface area (Å²) >= 11 is 0. The number of nitroso groups, excluding NO2 is 1. The summed E-state index contributed by atoms with van der Waals surface area (Å²) in [4.78, 5) is 26.9. The number of aromatic nitrogens is 2. The zero-order valence-electron chi connectivity index (χ0n) is 13.7. The van der Waals surface area contributed by atoms with Crippen molar-refractivity contribution in [3.05, 3.63) is 88.3 Å². The minimum atomic E-state index is -0.497. The molecule has 0 atom stereocenters. The lowest BCUT2D eigenvalue weighted by atomic mass is 10.0. The molecule has 2 heterocycles. The zero-order valence-corrected chi connectivity index (χ0v) is 13.7. The smallest absolute Gasteiger partial charge is 0.212 e. The summed E-state index contributed by atoms with van der Waals surface area (Å²) in [6.07, 6.45) is 4.99. The van der Waals surface area contributed by atoms with Crippen LogP contribution in [0.4, 0.5) is 11.5 Å². The Morgan fingerprint density at radius 3 is 2.69 bits per heavy atom. The van der Waals surface area contributed by atoms with Crippen LogP contribution in [0.25, 0.3) is 27.6 Å². The number of benzene rings is 2.